The molecule has 0 heterocycles. The maximum absolute atomic E-state index is 11.2. The minimum atomic E-state index is -0.653. The minimum absolute atomic E-state index is 0.0771. The van der Waals surface area contributed by atoms with Gasteiger partial charge in [0.05, 0.1) is 11.4 Å². The number of Topliss-reactive ketones (excluding diaryl/α,β-unsaturated/α-hetero) is 1. The molecule has 5 heteroatoms. The van der Waals surface area contributed by atoms with Gasteiger partial charge in [-0.3, -0.25) is 9.59 Å². The summed E-state index contributed by atoms with van der Waals surface area (Å²) in [5.41, 5.74) is 0. The molecule has 0 fully saturated rings. The first-order valence-electron chi connectivity index (χ1n) is 4.06. The zero-order valence-corrected chi connectivity index (χ0v) is 8.67. The fourth-order valence-corrected chi connectivity index (χ4v) is 0.978. The summed E-state index contributed by atoms with van der Waals surface area (Å²) in [6.07, 6.45) is -0.576. The Bertz CT molecular complexity index is 194. The summed E-state index contributed by atoms with van der Waals surface area (Å²) < 4.78 is 0. The summed E-state index contributed by atoms with van der Waals surface area (Å²) in [5.74, 6) is -0.351. The molecule has 13 heavy (non-hydrogen) atoms. The number of amides is 1. The fraction of sp³-hybridized carbons (Fsp3) is 0.750. The molecule has 0 aliphatic rings. The lowest BCUT2D eigenvalue weighted by Gasteiger charge is -2.10. The maximum Gasteiger partial charge on any atom is 0.216 e. The number of nitrogens with one attached hydrogen (secondary N) is 1. The molecule has 0 radical (unpaired) electrons. The molecule has 0 aromatic rings. The number of hydrogen-bond acceptors (Lipinski definition) is 4. The van der Waals surface area contributed by atoms with Crippen LogP contribution in [0, 0.1) is 0 Å². The Labute approximate surface area is 83.1 Å². The van der Waals surface area contributed by atoms with E-state index in [-0.39, 0.29) is 24.7 Å². The SMILES string of the molecule is CC(=O)NC[C@@H](S)C(=O)C[C@@H](C)O. The molecule has 0 rings (SSSR count). The third kappa shape index (κ3) is 6.60. The lowest BCUT2D eigenvalue weighted by molar-refractivity contribution is -0.120. The molecule has 0 bridgehead atoms. The van der Waals surface area contributed by atoms with Crippen LogP contribution in [-0.2, 0) is 9.59 Å². The first kappa shape index (κ1) is 12.4. The predicted molar refractivity (Wildman–Crippen MR) is 52.8 cm³/mol. The van der Waals surface area contributed by atoms with E-state index in [9.17, 15) is 9.59 Å². The zero-order valence-electron chi connectivity index (χ0n) is 7.78. The first-order chi connectivity index (χ1) is 5.93. The molecule has 4 nitrogen and oxygen atoms in total. The normalized spacial score (nSPS) is 14.8. The van der Waals surface area contributed by atoms with E-state index >= 15 is 0 Å². The summed E-state index contributed by atoms with van der Waals surface area (Å²) in [5, 5.41) is 10.9. The van der Waals surface area contributed by atoms with Gasteiger partial charge in [-0.2, -0.15) is 12.6 Å². The van der Waals surface area contributed by atoms with Gasteiger partial charge in [0.1, 0.15) is 5.78 Å². The Morgan fingerprint density at radius 2 is 2.08 bits per heavy atom. The van der Waals surface area contributed by atoms with Crippen molar-refractivity contribution in [1.29, 1.82) is 0 Å². The molecule has 0 spiro atoms. The van der Waals surface area contributed by atoms with Gasteiger partial charge in [-0.25, -0.2) is 0 Å². The molecule has 0 saturated heterocycles. The number of ketones is 1. The van der Waals surface area contributed by atoms with Crippen LogP contribution in [0.25, 0.3) is 0 Å². The van der Waals surface area contributed by atoms with Crippen LogP contribution >= 0.6 is 12.6 Å². The predicted octanol–water partition coefficient (Wildman–Crippen LogP) is -0.239. The molecule has 0 aromatic heterocycles. The molecular weight excluding hydrogens is 190 g/mol. The number of rotatable bonds is 5. The lowest BCUT2D eigenvalue weighted by Crippen LogP contribution is -2.33. The van der Waals surface area contributed by atoms with Crippen molar-refractivity contribution in [2.45, 2.75) is 31.6 Å². The van der Waals surface area contributed by atoms with E-state index in [1.54, 1.807) is 0 Å². The van der Waals surface area contributed by atoms with Crippen molar-refractivity contribution in [3.63, 3.8) is 0 Å². The smallest absolute Gasteiger partial charge is 0.216 e. The maximum atomic E-state index is 11.2. The van der Waals surface area contributed by atoms with Crippen LogP contribution in [0.1, 0.15) is 20.3 Å². The Kier molecular flexibility index (Phi) is 5.73. The quantitative estimate of drug-likeness (QED) is 0.543. The highest BCUT2D eigenvalue weighted by atomic mass is 32.1. The van der Waals surface area contributed by atoms with Crippen LogP contribution < -0.4 is 5.32 Å². The van der Waals surface area contributed by atoms with Crippen molar-refractivity contribution in [3.8, 4) is 0 Å². The van der Waals surface area contributed by atoms with E-state index in [1.807, 2.05) is 0 Å². The summed E-state index contributed by atoms with van der Waals surface area (Å²) >= 11 is 4.00. The second-order valence-electron chi connectivity index (χ2n) is 2.97. The van der Waals surface area contributed by atoms with Crippen LogP contribution in [-0.4, -0.2) is 34.7 Å². The average molecular weight is 205 g/mol. The lowest BCUT2D eigenvalue weighted by atomic mass is 10.1. The van der Waals surface area contributed by atoms with Crippen molar-refractivity contribution in [2.75, 3.05) is 6.54 Å². The summed E-state index contributed by atoms with van der Waals surface area (Å²) in [6.45, 7) is 3.13. The number of hydrogen-bond donors (Lipinski definition) is 3. The van der Waals surface area contributed by atoms with E-state index in [0.29, 0.717) is 0 Å². The van der Waals surface area contributed by atoms with Gasteiger partial charge >= 0.3 is 0 Å². The number of aliphatic hydroxyl groups is 1. The van der Waals surface area contributed by atoms with Crippen molar-refractivity contribution in [1.82, 2.24) is 5.32 Å². The van der Waals surface area contributed by atoms with Crippen LogP contribution in [0.3, 0.4) is 0 Å². The van der Waals surface area contributed by atoms with Crippen LogP contribution in [0.5, 0.6) is 0 Å². The van der Waals surface area contributed by atoms with Gasteiger partial charge in [-0.05, 0) is 6.92 Å². The van der Waals surface area contributed by atoms with E-state index in [4.69, 9.17) is 5.11 Å². The average Bonchev–Trinajstić information content (AvgIpc) is 1.98. The highest BCUT2D eigenvalue weighted by molar-refractivity contribution is 7.81. The van der Waals surface area contributed by atoms with Crippen molar-refractivity contribution < 1.29 is 14.7 Å². The van der Waals surface area contributed by atoms with E-state index in [1.165, 1.54) is 13.8 Å². The molecule has 0 aliphatic carbocycles. The van der Waals surface area contributed by atoms with Gasteiger partial charge in [-0.15, -0.1) is 0 Å². The highest BCUT2D eigenvalue weighted by Gasteiger charge is 2.15. The van der Waals surface area contributed by atoms with Crippen LogP contribution in [0.15, 0.2) is 0 Å². The Hall–Kier alpha value is -0.550. The Morgan fingerprint density at radius 3 is 2.46 bits per heavy atom. The number of carbonyl (C=O) groups is 2. The molecule has 2 atom stereocenters. The molecule has 0 unspecified atom stereocenters. The van der Waals surface area contributed by atoms with Crippen molar-refractivity contribution in [2.24, 2.45) is 0 Å². The van der Waals surface area contributed by atoms with Crippen molar-refractivity contribution >= 4 is 24.3 Å². The third-order valence-electron chi connectivity index (χ3n) is 1.41. The molecule has 0 aromatic carbocycles. The van der Waals surface area contributed by atoms with Gasteiger partial charge < -0.3 is 10.4 Å². The Balaban J connectivity index is 3.76. The van der Waals surface area contributed by atoms with Gasteiger partial charge in [0.2, 0.25) is 5.91 Å². The molecule has 1 amide bonds. The molecular formula is C8H15NO3S. The third-order valence-corrected chi connectivity index (χ3v) is 1.88. The van der Waals surface area contributed by atoms with Crippen LogP contribution in [0.2, 0.25) is 0 Å². The minimum Gasteiger partial charge on any atom is -0.393 e. The van der Waals surface area contributed by atoms with E-state index < -0.39 is 11.4 Å². The summed E-state index contributed by atoms with van der Waals surface area (Å²) in [6, 6.07) is 0. The number of carbonyl (C=O) groups excluding carboxylic acids is 2. The molecule has 0 saturated carbocycles. The zero-order chi connectivity index (χ0) is 10.4. The second-order valence-corrected chi connectivity index (χ2v) is 3.60. The van der Waals surface area contributed by atoms with Gasteiger partial charge in [0.15, 0.2) is 0 Å². The first-order valence-corrected chi connectivity index (χ1v) is 4.58. The second kappa shape index (κ2) is 5.99. The molecule has 76 valence electrons. The monoisotopic (exact) mass is 205 g/mol. The molecule has 0 aliphatic heterocycles. The topological polar surface area (TPSA) is 66.4 Å². The van der Waals surface area contributed by atoms with Crippen molar-refractivity contribution in [3.05, 3.63) is 0 Å². The highest BCUT2D eigenvalue weighted by Crippen LogP contribution is 2.01. The number of thiol groups is 1. The number of aliphatic hydroxyl groups excluding tert-OH is 1. The van der Waals surface area contributed by atoms with Gasteiger partial charge in [0.25, 0.3) is 0 Å². The van der Waals surface area contributed by atoms with E-state index in [2.05, 4.69) is 17.9 Å². The largest absolute Gasteiger partial charge is 0.393 e. The van der Waals surface area contributed by atoms with E-state index in [0.717, 1.165) is 0 Å². The summed E-state index contributed by atoms with van der Waals surface area (Å²) in [7, 11) is 0. The van der Waals surface area contributed by atoms with Crippen LogP contribution in [0.4, 0.5) is 0 Å². The molecule has 2 N–H and O–H groups in total. The van der Waals surface area contributed by atoms with Gasteiger partial charge in [-0.1, -0.05) is 0 Å². The fourth-order valence-electron chi connectivity index (χ4n) is 0.781. The Morgan fingerprint density at radius 1 is 1.54 bits per heavy atom. The standard InChI is InChI=1S/C8H15NO3S/c1-5(10)3-7(12)8(13)4-9-6(2)11/h5,8,10,13H,3-4H2,1-2H3,(H,9,11)/t5-,8-/m1/s1. The summed E-state index contributed by atoms with van der Waals surface area (Å²) in [4.78, 5) is 21.7. The van der Waals surface area contributed by atoms with Gasteiger partial charge in [0, 0.05) is 19.9 Å².